The highest BCUT2D eigenvalue weighted by molar-refractivity contribution is 5.86. The van der Waals surface area contributed by atoms with E-state index in [1.165, 1.54) is 5.56 Å². The summed E-state index contributed by atoms with van der Waals surface area (Å²) in [5.41, 5.74) is 3.48. The molecular weight excluding hydrogens is 236 g/mol. The fourth-order valence-corrected chi connectivity index (χ4v) is 2.37. The van der Waals surface area contributed by atoms with Gasteiger partial charge in [0.15, 0.2) is 0 Å². The summed E-state index contributed by atoms with van der Waals surface area (Å²) < 4.78 is 5.34. The lowest BCUT2D eigenvalue weighted by atomic mass is 10.0. The lowest BCUT2D eigenvalue weighted by Gasteiger charge is -2.13. The number of aryl methyl sites for hydroxylation is 2. The molecule has 0 aliphatic heterocycles. The summed E-state index contributed by atoms with van der Waals surface area (Å²) in [7, 11) is 1.70. The maximum atomic E-state index is 5.34. The summed E-state index contributed by atoms with van der Waals surface area (Å²) in [5.74, 6) is 1.91. The van der Waals surface area contributed by atoms with Crippen molar-refractivity contribution in [3.05, 3.63) is 29.3 Å². The summed E-state index contributed by atoms with van der Waals surface area (Å²) in [6, 6.07) is 6.33. The smallest absolute Gasteiger partial charge is 0.129 e. The van der Waals surface area contributed by atoms with Crippen LogP contribution in [0.15, 0.2) is 18.2 Å². The van der Waals surface area contributed by atoms with Crippen LogP contribution in [-0.4, -0.2) is 18.6 Å². The maximum absolute atomic E-state index is 5.34. The second kappa shape index (κ2) is 5.91. The van der Waals surface area contributed by atoms with Gasteiger partial charge in [-0.2, -0.15) is 0 Å². The molecule has 0 radical (unpaired) electrons. The number of pyridine rings is 1. The average molecular weight is 258 g/mol. The number of hydrogen-bond donors (Lipinski definition) is 1. The largest absolute Gasteiger partial charge is 0.497 e. The second-order valence-electron chi connectivity index (χ2n) is 4.79. The lowest BCUT2D eigenvalue weighted by Crippen LogP contribution is -2.04. The van der Waals surface area contributed by atoms with Gasteiger partial charge in [-0.15, -0.1) is 0 Å². The predicted molar refractivity (Wildman–Crippen MR) is 81.2 cm³/mol. The second-order valence-corrected chi connectivity index (χ2v) is 4.79. The monoisotopic (exact) mass is 258 g/mol. The Morgan fingerprint density at radius 3 is 2.63 bits per heavy atom. The Morgan fingerprint density at radius 1 is 1.21 bits per heavy atom. The van der Waals surface area contributed by atoms with Gasteiger partial charge in [-0.3, -0.25) is 0 Å². The predicted octanol–water partition coefficient (Wildman–Crippen LogP) is 3.94. The summed E-state index contributed by atoms with van der Waals surface area (Å²) in [5, 5.41) is 4.52. The summed E-state index contributed by atoms with van der Waals surface area (Å²) in [4.78, 5) is 4.79. The highest BCUT2D eigenvalue weighted by atomic mass is 16.5. The van der Waals surface area contributed by atoms with Gasteiger partial charge in [0.2, 0.25) is 0 Å². The number of methoxy groups -OCH3 is 1. The molecule has 0 saturated carbocycles. The molecule has 19 heavy (non-hydrogen) atoms. The maximum Gasteiger partial charge on any atom is 0.129 e. The van der Waals surface area contributed by atoms with E-state index in [4.69, 9.17) is 9.72 Å². The molecule has 1 aromatic heterocycles. The molecule has 2 rings (SSSR count). The number of nitrogens with zero attached hydrogens (tertiary/aromatic N) is 1. The van der Waals surface area contributed by atoms with Gasteiger partial charge in [0.1, 0.15) is 11.6 Å². The molecule has 102 valence electrons. The summed E-state index contributed by atoms with van der Waals surface area (Å²) in [6.07, 6.45) is 2.16. The van der Waals surface area contributed by atoms with Crippen LogP contribution in [0, 0.1) is 6.92 Å². The molecule has 0 saturated heterocycles. The third-order valence-electron chi connectivity index (χ3n) is 3.26. The Kier molecular flexibility index (Phi) is 4.25. The van der Waals surface area contributed by atoms with E-state index in [9.17, 15) is 0 Å². The topological polar surface area (TPSA) is 34.1 Å². The number of anilines is 1. The molecule has 0 fully saturated rings. The molecule has 0 aliphatic carbocycles. The Balaban J connectivity index is 2.62. The van der Waals surface area contributed by atoms with Crippen LogP contribution in [0.2, 0.25) is 0 Å². The molecule has 1 N–H and O–H groups in total. The average Bonchev–Trinajstić information content (AvgIpc) is 2.40. The number of nitrogens with one attached hydrogen (secondary N) is 1. The van der Waals surface area contributed by atoms with E-state index in [0.29, 0.717) is 0 Å². The van der Waals surface area contributed by atoms with Crippen molar-refractivity contribution in [3.63, 3.8) is 0 Å². The van der Waals surface area contributed by atoms with Crippen molar-refractivity contribution in [2.75, 3.05) is 19.0 Å². The quantitative estimate of drug-likeness (QED) is 0.882. The Labute approximate surface area is 115 Å². The minimum absolute atomic E-state index is 0.893. The molecule has 0 bridgehead atoms. The Bertz CT molecular complexity index is 578. The van der Waals surface area contributed by atoms with Gasteiger partial charge < -0.3 is 10.1 Å². The van der Waals surface area contributed by atoms with Crippen LogP contribution in [0.1, 0.15) is 31.4 Å². The van der Waals surface area contributed by atoms with Gasteiger partial charge in [0.05, 0.1) is 12.6 Å². The van der Waals surface area contributed by atoms with Crippen LogP contribution in [-0.2, 0) is 6.42 Å². The van der Waals surface area contributed by atoms with Crippen molar-refractivity contribution in [3.8, 4) is 5.75 Å². The molecule has 3 nitrogen and oxygen atoms in total. The summed E-state index contributed by atoms with van der Waals surface area (Å²) >= 11 is 0. The third-order valence-corrected chi connectivity index (χ3v) is 3.26. The number of hydrogen-bond acceptors (Lipinski definition) is 3. The van der Waals surface area contributed by atoms with E-state index < -0.39 is 0 Å². The minimum Gasteiger partial charge on any atom is -0.497 e. The van der Waals surface area contributed by atoms with Crippen molar-refractivity contribution in [2.45, 2.75) is 33.6 Å². The van der Waals surface area contributed by atoms with Crippen molar-refractivity contribution in [1.29, 1.82) is 0 Å². The molecule has 0 amide bonds. The van der Waals surface area contributed by atoms with Gasteiger partial charge in [-0.05, 0) is 49.6 Å². The molecule has 0 unspecified atom stereocenters. The number of benzene rings is 1. The normalized spacial score (nSPS) is 10.7. The van der Waals surface area contributed by atoms with Gasteiger partial charge in [-0.1, -0.05) is 13.3 Å². The first kappa shape index (κ1) is 13.7. The Hall–Kier alpha value is -1.77. The fourth-order valence-electron chi connectivity index (χ4n) is 2.37. The number of fused-ring (bicyclic) bond motifs is 1. The van der Waals surface area contributed by atoms with Crippen molar-refractivity contribution >= 4 is 16.7 Å². The van der Waals surface area contributed by atoms with Crippen molar-refractivity contribution in [2.24, 2.45) is 0 Å². The van der Waals surface area contributed by atoms with Gasteiger partial charge >= 0.3 is 0 Å². The number of aromatic nitrogens is 1. The van der Waals surface area contributed by atoms with Crippen LogP contribution < -0.4 is 10.1 Å². The molecule has 0 aliphatic rings. The van der Waals surface area contributed by atoms with E-state index in [-0.39, 0.29) is 0 Å². The standard InChI is InChI=1S/C16H22N2O/c1-5-7-12-9-13-10-14(19-4)8-11(3)15(13)18-16(12)17-6-2/h8-10H,5-7H2,1-4H3,(H,17,18). The Morgan fingerprint density at radius 2 is 2.00 bits per heavy atom. The zero-order valence-corrected chi connectivity index (χ0v) is 12.2. The zero-order chi connectivity index (χ0) is 13.8. The van der Waals surface area contributed by atoms with Crippen LogP contribution >= 0.6 is 0 Å². The first-order valence-corrected chi connectivity index (χ1v) is 6.91. The number of rotatable bonds is 5. The van der Waals surface area contributed by atoms with E-state index >= 15 is 0 Å². The van der Waals surface area contributed by atoms with Crippen LogP contribution in [0.3, 0.4) is 0 Å². The molecule has 1 heterocycles. The van der Waals surface area contributed by atoms with Crippen LogP contribution in [0.5, 0.6) is 5.75 Å². The molecule has 1 aromatic carbocycles. The number of ether oxygens (including phenoxy) is 1. The molecule has 0 atom stereocenters. The fraction of sp³-hybridized carbons (Fsp3) is 0.438. The highest BCUT2D eigenvalue weighted by Crippen LogP contribution is 2.28. The van der Waals surface area contributed by atoms with E-state index in [2.05, 4.69) is 38.2 Å². The molecule has 0 spiro atoms. The van der Waals surface area contributed by atoms with Crippen molar-refractivity contribution < 1.29 is 4.74 Å². The van der Waals surface area contributed by atoms with Crippen LogP contribution in [0.25, 0.3) is 10.9 Å². The van der Waals surface area contributed by atoms with E-state index in [0.717, 1.165) is 47.4 Å². The minimum atomic E-state index is 0.893. The third kappa shape index (κ3) is 2.80. The van der Waals surface area contributed by atoms with Gasteiger partial charge in [0, 0.05) is 11.9 Å². The zero-order valence-electron chi connectivity index (χ0n) is 12.2. The molecule has 2 aromatic rings. The summed E-state index contributed by atoms with van der Waals surface area (Å²) in [6.45, 7) is 7.26. The van der Waals surface area contributed by atoms with Crippen molar-refractivity contribution in [1.82, 2.24) is 4.98 Å². The van der Waals surface area contributed by atoms with Crippen LogP contribution in [0.4, 0.5) is 5.82 Å². The highest BCUT2D eigenvalue weighted by Gasteiger charge is 2.09. The SMILES string of the molecule is CCCc1cc2cc(OC)cc(C)c2nc1NCC. The molecule has 3 heteroatoms. The first-order valence-electron chi connectivity index (χ1n) is 6.91. The van der Waals surface area contributed by atoms with E-state index in [1.54, 1.807) is 7.11 Å². The lowest BCUT2D eigenvalue weighted by molar-refractivity contribution is 0.415. The van der Waals surface area contributed by atoms with Gasteiger partial charge in [-0.25, -0.2) is 4.98 Å². The van der Waals surface area contributed by atoms with Gasteiger partial charge in [0.25, 0.3) is 0 Å². The first-order chi connectivity index (χ1) is 9.19. The molecular formula is C16H22N2O. The van der Waals surface area contributed by atoms with E-state index in [1.807, 2.05) is 6.07 Å².